The van der Waals surface area contributed by atoms with Crippen LogP contribution in [0.3, 0.4) is 0 Å². The molecule has 7 heteroatoms. The maximum atomic E-state index is 12.0. The van der Waals surface area contributed by atoms with E-state index in [0.717, 1.165) is 22.8 Å². The summed E-state index contributed by atoms with van der Waals surface area (Å²) in [5.41, 5.74) is 2.72. The Morgan fingerprint density at radius 3 is 1.92 bits per heavy atom. The fourth-order valence-corrected chi connectivity index (χ4v) is 5.24. The highest BCUT2D eigenvalue weighted by atomic mass is 16.8. The first-order chi connectivity index (χ1) is 18.5. The maximum absolute atomic E-state index is 12.0. The van der Waals surface area contributed by atoms with Gasteiger partial charge in [0.05, 0.1) is 14.2 Å². The fourth-order valence-electron chi connectivity index (χ4n) is 5.24. The van der Waals surface area contributed by atoms with E-state index in [9.17, 15) is 9.59 Å². The number of carbonyl (C=O) groups excluding carboxylic acids is 2. The van der Waals surface area contributed by atoms with Crippen molar-refractivity contribution >= 4 is 11.9 Å². The number of esters is 2. The Hall–Kier alpha value is -3.16. The summed E-state index contributed by atoms with van der Waals surface area (Å²) in [6.45, 7) is 2.85. The van der Waals surface area contributed by atoms with Gasteiger partial charge in [-0.25, -0.2) is 9.59 Å². The van der Waals surface area contributed by atoms with Crippen molar-refractivity contribution in [1.29, 1.82) is 0 Å². The molecule has 0 amide bonds. The van der Waals surface area contributed by atoms with Gasteiger partial charge in [0.2, 0.25) is 0 Å². The van der Waals surface area contributed by atoms with Crippen molar-refractivity contribution in [2.75, 3.05) is 20.8 Å². The van der Waals surface area contributed by atoms with Crippen LogP contribution in [0.4, 0.5) is 0 Å². The first kappa shape index (κ1) is 27.9. The molecule has 0 radical (unpaired) electrons. The Labute approximate surface area is 225 Å². The van der Waals surface area contributed by atoms with Gasteiger partial charge < -0.3 is 23.7 Å². The van der Waals surface area contributed by atoms with Crippen LogP contribution in [-0.2, 0) is 28.5 Å². The quantitative estimate of drug-likeness (QED) is 0.279. The summed E-state index contributed by atoms with van der Waals surface area (Å²) in [6, 6.07) is 15.6. The summed E-state index contributed by atoms with van der Waals surface area (Å²) in [5, 5.41) is 0. The van der Waals surface area contributed by atoms with Crippen LogP contribution in [0, 0.1) is 11.8 Å². The minimum absolute atomic E-state index is 0.573. The lowest BCUT2D eigenvalue weighted by Gasteiger charge is -2.26. The molecule has 0 spiro atoms. The smallest absolute Gasteiger partial charge is 0.338 e. The lowest BCUT2D eigenvalue weighted by Crippen LogP contribution is -2.38. The normalized spacial score (nSPS) is 23.9. The highest BCUT2D eigenvalue weighted by molar-refractivity contribution is 5.86. The molecular formula is C31H38O7. The largest absolute Gasteiger partial charge is 0.490 e. The molecule has 2 aliphatic rings. The summed E-state index contributed by atoms with van der Waals surface area (Å²) in [7, 11) is 2.46. The van der Waals surface area contributed by atoms with Gasteiger partial charge in [0.15, 0.2) is 18.5 Å². The van der Waals surface area contributed by atoms with E-state index in [4.69, 9.17) is 23.7 Å². The Bertz CT molecular complexity index is 1040. The average Bonchev–Trinajstić information content (AvgIpc) is 3.42. The number of hydrogen-bond donors (Lipinski definition) is 0. The van der Waals surface area contributed by atoms with E-state index in [1.807, 2.05) is 48.5 Å². The van der Waals surface area contributed by atoms with Crippen LogP contribution < -0.4 is 4.74 Å². The number of methoxy groups -OCH3 is 2. The molecule has 2 atom stereocenters. The van der Waals surface area contributed by atoms with Gasteiger partial charge in [-0.1, -0.05) is 68.3 Å². The number of benzene rings is 2. The average molecular weight is 523 g/mol. The Morgan fingerprint density at radius 1 is 0.842 bits per heavy atom. The second kappa shape index (κ2) is 13.6. The SMILES string of the molecule is CCCC1CCC(/C=C/COc2ccc(-c3ccc(C4O[C@@H](C(=O)OC)[C@H](C(=O)OC)O4)cc3)cc2)CC1. The van der Waals surface area contributed by atoms with E-state index in [-0.39, 0.29) is 0 Å². The first-order valence-corrected chi connectivity index (χ1v) is 13.5. The summed E-state index contributed by atoms with van der Waals surface area (Å²) in [4.78, 5) is 24.1. The van der Waals surface area contributed by atoms with Gasteiger partial charge in [-0.3, -0.25) is 0 Å². The van der Waals surface area contributed by atoms with Crippen molar-refractivity contribution in [2.45, 2.75) is 63.9 Å². The summed E-state index contributed by atoms with van der Waals surface area (Å²) >= 11 is 0. The van der Waals surface area contributed by atoms with E-state index < -0.39 is 30.4 Å². The molecular weight excluding hydrogens is 484 g/mol. The summed E-state index contributed by atoms with van der Waals surface area (Å²) < 4.78 is 26.7. The van der Waals surface area contributed by atoms with E-state index >= 15 is 0 Å². The minimum atomic E-state index is -1.18. The molecule has 1 saturated heterocycles. The molecule has 0 bridgehead atoms. The van der Waals surface area contributed by atoms with E-state index in [1.54, 1.807) is 0 Å². The summed E-state index contributed by atoms with van der Waals surface area (Å²) in [5.74, 6) is 1.07. The molecule has 4 rings (SSSR count). The Kier molecular flexibility index (Phi) is 9.96. The molecule has 1 heterocycles. The topological polar surface area (TPSA) is 80.3 Å². The molecule has 7 nitrogen and oxygen atoms in total. The van der Waals surface area contributed by atoms with Crippen LogP contribution in [-0.4, -0.2) is 45.0 Å². The highest BCUT2D eigenvalue weighted by Gasteiger charge is 2.47. The fraction of sp³-hybridized carbons (Fsp3) is 0.484. The van der Waals surface area contributed by atoms with Crippen molar-refractivity contribution in [2.24, 2.45) is 11.8 Å². The molecule has 2 aromatic rings. The molecule has 38 heavy (non-hydrogen) atoms. The molecule has 0 unspecified atom stereocenters. The lowest BCUT2D eigenvalue weighted by atomic mass is 9.80. The van der Waals surface area contributed by atoms with Crippen LogP contribution in [0.2, 0.25) is 0 Å². The number of rotatable bonds is 10. The Morgan fingerprint density at radius 2 is 1.39 bits per heavy atom. The lowest BCUT2D eigenvalue weighted by molar-refractivity contribution is -0.160. The molecule has 1 aliphatic heterocycles. The van der Waals surface area contributed by atoms with Crippen LogP contribution in [0.15, 0.2) is 60.7 Å². The molecule has 0 aromatic heterocycles. The summed E-state index contributed by atoms with van der Waals surface area (Å²) in [6.07, 6.45) is 9.22. The molecule has 0 N–H and O–H groups in total. The number of allylic oxidation sites excluding steroid dienone is 1. The van der Waals surface area contributed by atoms with Crippen molar-refractivity contribution in [3.63, 3.8) is 0 Å². The second-order valence-electron chi connectivity index (χ2n) is 9.95. The molecule has 2 fully saturated rings. The van der Waals surface area contributed by atoms with Crippen LogP contribution >= 0.6 is 0 Å². The maximum Gasteiger partial charge on any atom is 0.338 e. The van der Waals surface area contributed by atoms with Gasteiger partial charge in [-0.15, -0.1) is 0 Å². The third-order valence-electron chi connectivity index (χ3n) is 7.40. The van der Waals surface area contributed by atoms with Gasteiger partial charge in [0.1, 0.15) is 12.4 Å². The van der Waals surface area contributed by atoms with Crippen LogP contribution in [0.5, 0.6) is 5.75 Å². The molecule has 2 aromatic carbocycles. The van der Waals surface area contributed by atoms with Gasteiger partial charge in [0.25, 0.3) is 0 Å². The van der Waals surface area contributed by atoms with Crippen molar-refractivity contribution < 1.29 is 33.3 Å². The van der Waals surface area contributed by atoms with E-state index in [1.165, 1.54) is 52.7 Å². The molecule has 1 aliphatic carbocycles. The second-order valence-corrected chi connectivity index (χ2v) is 9.95. The molecule has 1 saturated carbocycles. The van der Waals surface area contributed by atoms with Crippen molar-refractivity contribution in [1.82, 2.24) is 0 Å². The minimum Gasteiger partial charge on any atom is -0.490 e. The third kappa shape index (κ3) is 7.03. The van der Waals surface area contributed by atoms with Crippen LogP contribution in [0.1, 0.15) is 57.3 Å². The van der Waals surface area contributed by atoms with Crippen molar-refractivity contribution in [3.8, 4) is 16.9 Å². The number of ether oxygens (including phenoxy) is 5. The zero-order valence-electron chi connectivity index (χ0n) is 22.5. The predicted molar refractivity (Wildman–Crippen MR) is 143 cm³/mol. The molecule has 204 valence electrons. The first-order valence-electron chi connectivity index (χ1n) is 13.5. The third-order valence-corrected chi connectivity index (χ3v) is 7.40. The van der Waals surface area contributed by atoms with E-state index in [2.05, 4.69) is 19.1 Å². The van der Waals surface area contributed by atoms with Crippen LogP contribution in [0.25, 0.3) is 11.1 Å². The standard InChI is InChI=1S/C31H38O7/c1-4-6-21-8-10-22(11-9-21)7-5-20-36-26-18-16-24(17-19-26)23-12-14-25(15-13-23)31-37-27(29(32)34-2)28(38-31)30(33)35-3/h5,7,12-19,21-22,27-28,31H,4,6,8-11,20H2,1-3H3/b7-5+/t21?,22?,27-,28-/m1/s1. The van der Waals surface area contributed by atoms with Gasteiger partial charge in [0, 0.05) is 5.56 Å². The zero-order chi connectivity index (χ0) is 26.9. The predicted octanol–water partition coefficient (Wildman–Crippen LogP) is 6.02. The van der Waals surface area contributed by atoms with Gasteiger partial charge in [-0.05, 0) is 60.8 Å². The highest BCUT2D eigenvalue weighted by Crippen LogP contribution is 2.34. The Balaban J connectivity index is 1.28. The monoisotopic (exact) mass is 522 g/mol. The van der Waals surface area contributed by atoms with Crippen molar-refractivity contribution in [3.05, 3.63) is 66.2 Å². The number of carbonyl (C=O) groups is 2. The van der Waals surface area contributed by atoms with Gasteiger partial charge in [-0.2, -0.15) is 0 Å². The van der Waals surface area contributed by atoms with Gasteiger partial charge >= 0.3 is 11.9 Å². The zero-order valence-corrected chi connectivity index (χ0v) is 22.5. The number of hydrogen-bond acceptors (Lipinski definition) is 7. The van der Waals surface area contributed by atoms with E-state index in [0.29, 0.717) is 18.1 Å².